The fourth-order valence-electron chi connectivity index (χ4n) is 5.10. The Labute approximate surface area is 198 Å². The smallest absolute Gasteiger partial charge is 0.304 e. The van der Waals surface area contributed by atoms with Crippen molar-refractivity contribution in [3.8, 4) is 0 Å². The third-order valence-electron chi connectivity index (χ3n) is 7.04. The van der Waals surface area contributed by atoms with E-state index in [1.54, 1.807) is 11.3 Å². The molecular formula is C26H30N4O2S. The number of allylic oxidation sites excluding steroid dienone is 1. The lowest BCUT2D eigenvalue weighted by molar-refractivity contribution is -0.139. The predicted molar refractivity (Wildman–Crippen MR) is 134 cm³/mol. The van der Waals surface area contributed by atoms with E-state index in [1.165, 1.54) is 21.5 Å². The van der Waals surface area contributed by atoms with Crippen molar-refractivity contribution in [1.29, 1.82) is 0 Å². The highest BCUT2D eigenvalue weighted by Crippen LogP contribution is 2.44. The summed E-state index contributed by atoms with van der Waals surface area (Å²) in [7, 11) is 2.17. The Balaban J connectivity index is 1.29. The molecule has 0 atom stereocenters. The number of hydrogen-bond acceptors (Lipinski definition) is 6. The molecular weight excluding hydrogens is 432 g/mol. The first kappa shape index (κ1) is 21.9. The van der Waals surface area contributed by atoms with Crippen LogP contribution in [0.2, 0.25) is 0 Å². The van der Waals surface area contributed by atoms with Gasteiger partial charge in [0, 0.05) is 43.0 Å². The minimum absolute atomic E-state index is 0.0712. The number of nitrogens with zero attached hydrogens (tertiary/aromatic N) is 3. The first-order valence-corrected chi connectivity index (χ1v) is 12.3. The second kappa shape index (κ2) is 8.80. The second-order valence-electron chi connectivity index (χ2n) is 9.36. The molecule has 2 N–H and O–H groups in total. The van der Waals surface area contributed by atoms with Gasteiger partial charge >= 0.3 is 5.97 Å². The number of piperazine rings is 1. The highest BCUT2D eigenvalue weighted by atomic mass is 32.1. The Morgan fingerprint density at radius 2 is 1.85 bits per heavy atom. The predicted octanol–water partition coefficient (Wildman–Crippen LogP) is 3.91. The van der Waals surface area contributed by atoms with Crippen molar-refractivity contribution in [2.24, 2.45) is 5.41 Å². The molecule has 0 bridgehead atoms. The van der Waals surface area contributed by atoms with Crippen molar-refractivity contribution in [2.75, 3.05) is 38.1 Å². The first-order valence-electron chi connectivity index (χ1n) is 11.5. The number of carboxylic acids is 1. The number of fused-ring (bicyclic) bond motifs is 2. The number of rotatable bonds is 7. The van der Waals surface area contributed by atoms with Crippen LogP contribution in [0, 0.1) is 5.41 Å². The summed E-state index contributed by atoms with van der Waals surface area (Å²) < 4.78 is 1.17. The quantitative estimate of drug-likeness (QED) is 0.555. The number of thiazole rings is 1. The van der Waals surface area contributed by atoms with E-state index in [9.17, 15) is 9.90 Å². The Hall–Kier alpha value is -2.90. The average molecular weight is 463 g/mol. The van der Waals surface area contributed by atoms with Crippen LogP contribution in [0.5, 0.6) is 0 Å². The van der Waals surface area contributed by atoms with Gasteiger partial charge < -0.3 is 20.2 Å². The minimum atomic E-state index is -0.790. The van der Waals surface area contributed by atoms with Gasteiger partial charge in [0.1, 0.15) is 5.01 Å². The van der Waals surface area contributed by atoms with Crippen molar-refractivity contribution in [2.45, 2.75) is 25.8 Å². The van der Waals surface area contributed by atoms with Gasteiger partial charge in [0.2, 0.25) is 0 Å². The van der Waals surface area contributed by atoms with E-state index in [0.29, 0.717) is 19.4 Å². The molecule has 0 saturated carbocycles. The molecule has 1 aliphatic heterocycles. The van der Waals surface area contributed by atoms with Crippen LogP contribution in [-0.4, -0.2) is 54.2 Å². The number of hydrogen-bond donors (Lipinski definition) is 2. The molecule has 3 aromatic rings. The van der Waals surface area contributed by atoms with Gasteiger partial charge in [-0.3, -0.25) is 4.79 Å². The van der Waals surface area contributed by atoms with Gasteiger partial charge in [0.15, 0.2) is 0 Å². The van der Waals surface area contributed by atoms with Crippen molar-refractivity contribution >= 4 is 33.2 Å². The van der Waals surface area contributed by atoms with Crippen LogP contribution in [0.3, 0.4) is 0 Å². The molecule has 1 aliphatic carbocycles. The summed E-state index contributed by atoms with van der Waals surface area (Å²) in [6, 6.07) is 14.8. The molecule has 0 amide bonds. The maximum Gasteiger partial charge on any atom is 0.304 e. The molecule has 1 aromatic heterocycles. The molecule has 1 fully saturated rings. The van der Waals surface area contributed by atoms with E-state index in [1.807, 2.05) is 12.1 Å². The molecule has 172 valence electrons. The second-order valence-corrected chi connectivity index (χ2v) is 10.5. The molecule has 0 radical (unpaired) electrons. The molecule has 0 spiro atoms. The molecule has 33 heavy (non-hydrogen) atoms. The molecule has 2 aromatic carbocycles. The van der Waals surface area contributed by atoms with Gasteiger partial charge in [-0.05, 0) is 49.2 Å². The Morgan fingerprint density at radius 1 is 1.15 bits per heavy atom. The summed E-state index contributed by atoms with van der Waals surface area (Å²) >= 11 is 1.68. The number of anilines is 1. The SMILES string of the molecule is C=C(NCc1nc2cc(N3CCN(C)CC3)ccc2s1)C1(CC(=O)O)Cc2ccccc2C1. The molecule has 6 nitrogen and oxygen atoms in total. The van der Waals surface area contributed by atoms with Crippen molar-refractivity contribution in [3.05, 3.63) is 70.9 Å². The fourth-order valence-corrected chi connectivity index (χ4v) is 5.99. The number of carboxylic acid groups (broad SMARTS) is 1. The lowest BCUT2D eigenvalue weighted by Gasteiger charge is -2.34. The van der Waals surface area contributed by atoms with E-state index < -0.39 is 11.4 Å². The maximum absolute atomic E-state index is 11.7. The summed E-state index contributed by atoms with van der Waals surface area (Å²) in [5.74, 6) is -0.790. The molecule has 5 rings (SSSR count). The number of benzene rings is 2. The van der Waals surface area contributed by atoms with Crippen LogP contribution in [0.25, 0.3) is 10.2 Å². The number of likely N-dealkylation sites (N-methyl/N-ethyl adjacent to an activating group) is 1. The molecule has 1 saturated heterocycles. The lowest BCUT2D eigenvalue weighted by atomic mass is 9.78. The Kier molecular flexibility index (Phi) is 5.85. The van der Waals surface area contributed by atoms with Crippen LogP contribution in [0.15, 0.2) is 54.7 Å². The zero-order valence-electron chi connectivity index (χ0n) is 19.0. The van der Waals surface area contributed by atoms with E-state index in [4.69, 9.17) is 4.98 Å². The standard InChI is InChI=1S/C26H30N4O2S/c1-18(26(16-25(31)32)14-19-5-3-4-6-20(19)15-26)27-17-24-28-22-13-21(7-8-23(22)33-24)30-11-9-29(2)10-12-30/h3-8,13,27H,1,9-12,14-17H2,2H3,(H,31,32). The minimum Gasteiger partial charge on any atom is -0.481 e. The zero-order chi connectivity index (χ0) is 23.0. The Morgan fingerprint density at radius 3 is 2.52 bits per heavy atom. The van der Waals surface area contributed by atoms with Crippen LogP contribution >= 0.6 is 11.3 Å². The average Bonchev–Trinajstić information content (AvgIpc) is 3.38. The van der Waals surface area contributed by atoms with Gasteiger partial charge in [-0.25, -0.2) is 4.98 Å². The van der Waals surface area contributed by atoms with E-state index in [0.717, 1.165) is 42.4 Å². The van der Waals surface area contributed by atoms with Crippen LogP contribution in [0.4, 0.5) is 5.69 Å². The fraction of sp³-hybridized carbons (Fsp3) is 0.385. The summed E-state index contributed by atoms with van der Waals surface area (Å²) in [6.07, 6.45) is 1.48. The third kappa shape index (κ3) is 4.48. The number of carbonyl (C=O) groups is 1. The van der Waals surface area contributed by atoms with Crippen molar-refractivity contribution in [3.63, 3.8) is 0 Å². The maximum atomic E-state index is 11.7. The highest BCUT2D eigenvalue weighted by Gasteiger charge is 2.41. The van der Waals surface area contributed by atoms with E-state index >= 15 is 0 Å². The number of aromatic nitrogens is 1. The van der Waals surface area contributed by atoms with E-state index in [-0.39, 0.29) is 6.42 Å². The molecule has 2 heterocycles. The van der Waals surface area contributed by atoms with Gasteiger partial charge in [-0.1, -0.05) is 30.8 Å². The Bertz CT molecular complexity index is 1170. The summed E-state index contributed by atoms with van der Waals surface area (Å²) in [5.41, 5.74) is 4.98. The van der Waals surface area contributed by atoms with Crippen LogP contribution in [-0.2, 0) is 24.2 Å². The van der Waals surface area contributed by atoms with Crippen LogP contribution < -0.4 is 10.2 Å². The van der Waals surface area contributed by atoms with Crippen molar-refractivity contribution in [1.82, 2.24) is 15.2 Å². The zero-order valence-corrected chi connectivity index (χ0v) is 19.8. The van der Waals surface area contributed by atoms with Gasteiger partial charge in [-0.2, -0.15) is 0 Å². The first-order chi connectivity index (χ1) is 15.9. The lowest BCUT2D eigenvalue weighted by Crippen LogP contribution is -2.44. The summed E-state index contributed by atoms with van der Waals surface area (Å²) in [5, 5.41) is 14.0. The molecule has 7 heteroatoms. The summed E-state index contributed by atoms with van der Waals surface area (Å²) in [6.45, 7) is 9.07. The van der Waals surface area contributed by atoms with E-state index in [2.05, 4.69) is 59.1 Å². The largest absolute Gasteiger partial charge is 0.481 e. The van der Waals surface area contributed by atoms with Gasteiger partial charge in [0.05, 0.1) is 23.2 Å². The van der Waals surface area contributed by atoms with Crippen LogP contribution in [0.1, 0.15) is 22.6 Å². The number of aliphatic carboxylic acids is 1. The topological polar surface area (TPSA) is 68.7 Å². The highest BCUT2D eigenvalue weighted by molar-refractivity contribution is 7.18. The summed E-state index contributed by atoms with van der Waals surface area (Å²) in [4.78, 5) is 21.3. The van der Waals surface area contributed by atoms with Gasteiger partial charge in [-0.15, -0.1) is 11.3 Å². The number of nitrogens with one attached hydrogen (secondary N) is 1. The molecule has 0 unspecified atom stereocenters. The third-order valence-corrected chi connectivity index (χ3v) is 8.08. The molecule has 2 aliphatic rings. The monoisotopic (exact) mass is 462 g/mol. The van der Waals surface area contributed by atoms with Gasteiger partial charge in [0.25, 0.3) is 0 Å². The normalized spacial score (nSPS) is 17.8. The van der Waals surface area contributed by atoms with Crippen molar-refractivity contribution < 1.29 is 9.90 Å².